The van der Waals surface area contributed by atoms with Crippen molar-refractivity contribution in [3.63, 3.8) is 0 Å². The van der Waals surface area contributed by atoms with E-state index >= 15 is 0 Å². The molecule has 2 aromatic rings. The average Bonchev–Trinajstić information content (AvgIpc) is 3.48. The Balaban J connectivity index is 1.38. The highest BCUT2D eigenvalue weighted by Crippen LogP contribution is 2.30. The number of aromatic nitrogens is 2. The van der Waals surface area contributed by atoms with Gasteiger partial charge in [0, 0.05) is 23.6 Å². The number of aryl methyl sites for hydroxylation is 1. The summed E-state index contributed by atoms with van der Waals surface area (Å²) < 4.78 is 1.65. The van der Waals surface area contributed by atoms with E-state index in [1.807, 2.05) is 42.3 Å². The Morgan fingerprint density at radius 2 is 1.97 bits per heavy atom. The van der Waals surface area contributed by atoms with E-state index in [2.05, 4.69) is 26.5 Å². The lowest BCUT2D eigenvalue weighted by Gasteiger charge is -2.37. The maximum atomic E-state index is 12.9. The van der Waals surface area contributed by atoms with Gasteiger partial charge in [0.2, 0.25) is 11.8 Å². The van der Waals surface area contributed by atoms with E-state index in [-0.39, 0.29) is 29.8 Å². The Hall–Kier alpha value is -2.62. The van der Waals surface area contributed by atoms with Crippen LogP contribution in [0.5, 0.6) is 0 Å². The van der Waals surface area contributed by atoms with Gasteiger partial charge in [-0.2, -0.15) is 5.10 Å². The van der Waals surface area contributed by atoms with E-state index in [0.717, 1.165) is 37.1 Å². The summed E-state index contributed by atoms with van der Waals surface area (Å²) in [6.45, 7) is 2.38. The number of amides is 2. The first-order valence-electron chi connectivity index (χ1n) is 10.7. The number of fused-ring (bicyclic) bond motifs is 1. The third kappa shape index (κ3) is 3.88. The Morgan fingerprint density at radius 1 is 1.23 bits per heavy atom. The zero-order valence-corrected chi connectivity index (χ0v) is 18.0. The van der Waals surface area contributed by atoms with Crippen LogP contribution in [0.15, 0.2) is 30.3 Å². The second-order valence-corrected chi connectivity index (χ2v) is 8.86. The molecule has 164 valence electrons. The highest BCUT2D eigenvalue weighted by molar-refractivity contribution is 6.30. The predicted molar refractivity (Wildman–Crippen MR) is 117 cm³/mol. The van der Waals surface area contributed by atoms with Gasteiger partial charge in [-0.25, -0.2) is 10.1 Å². The molecule has 10 heteroatoms. The molecule has 4 N–H and O–H groups in total. The summed E-state index contributed by atoms with van der Waals surface area (Å²) in [6.07, 6.45) is 3.16. The van der Waals surface area contributed by atoms with E-state index in [4.69, 9.17) is 11.6 Å². The molecular formula is C21H26ClN7O2. The number of hydrazine groups is 1. The lowest BCUT2D eigenvalue weighted by Crippen LogP contribution is -2.61. The van der Waals surface area contributed by atoms with E-state index in [0.29, 0.717) is 17.4 Å². The van der Waals surface area contributed by atoms with E-state index in [1.54, 1.807) is 4.68 Å². The average molecular weight is 444 g/mol. The van der Waals surface area contributed by atoms with Gasteiger partial charge >= 0.3 is 0 Å². The van der Waals surface area contributed by atoms with Crippen LogP contribution in [0.4, 0.5) is 11.5 Å². The quantitative estimate of drug-likeness (QED) is 0.577. The maximum Gasteiger partial charge on any atom is 0.230 e. The lowest BCUT2D eigenvalue weighted by molar-refractivity contribution is -0.129. The topological polar surface area (TPSA) is 103 Å². The molecule has 2 aliphatic heterocycles. The molecular weight excluding hydrogens is 418 g/mol. The lowest BCUT2D eigenvalue weighted by atomic mass is 10.0. The second-order valence-electron chi connectivity index (χ2n) is 8.42. The number of carbonyl (C=O) groups excluding carboxylic acids is 2. The summed E-state index contributed by atoms with van der Waals surface area (Å²) in [4.78, 5) is 25.6. The van der Waals surface area contributed by atoms with E-state index in [1.165, 1.54) is 0 Å². The van der Waals surface area contributed by atoms with Crippen LogP contribution in [0, 0.1) is 18.8 Å². The van der Waals surface area contributed by atoms with Crippen molar-refractivity contribution in [3.8, 4) is 0 Å². The molecule has 3 atom stereocenters. The molecule has 3 heterocycles. The van der Waals surface area contributed by atoms with Gasteiger partial charge in [-0.15, -0.1) is 0 Å². The molecule has 0 bridgehead atoms. The van der Waals surface area contributed by atoms with Gasteiger partial charge in [0.1, 0.15) is 12.0 Å². The SMILES string of the molecule is Cc1cc(NC(=O)C2CCCC2)n(C2NC(=O)C3CNN(c4ccc(Cl)cc4)C3N2)n1. The fraction of sp³-hybridized carbons (Fsp3) is 0.476. The van der Waals surface area contributed by atoms with Gasteiger partial charge in [0.25, 0.3) is 0 Å². The predicted octanol–water partition coefficient (Wildman–Crippen LogP) is 2.12. The number of carbonyl (C=O) groups is 2. The number of benzene rings is 1. The Kier molecular flexibility index (Phi) is 5.33. The molecule has 0 radical (unpaired) electrons. The number of nitrogens with one attached hydrogen (secondary N) is 4. The van der Waals surface area contributed by atoms with Crippen molar-refractivity contribution in [1.29, 1.82) is 0 Å². The number of halogens is 1. The monoisotopic (exact) mass is 443 g/mol. The van der Waals surface area contributed by atoms with Crippen LogP contribution in [0.2, 0.25) is 5.02 Å². The third-order valence-electron chi connectivity index (χ3n) is 6.27. The van der Waals surface area contributed by atoms with Gasteiger partial charge in [0.15, 0.2) is 6.29 Å². The second kappa shape index (κ2) is 8.14. The fourth-order valence-corrected chi connectivity index (χ4v) is 4.79. The van der Waals surface area contributed by atoms with Crippen molar-refractivity contribution >= 4 is 34.9 Å². The van der Waals surface area contributed by atoms with Crippen LogP contribution < -0.4 is 26.4 Å². The minimum atomic E-state index is -0.587. The Morgan fingerprint density at radius 3 is 2.71 bits per heavy atom. The highest BCUT2D eigenvalue weighted by atomic mass is 35.5. The smallest absolute Gasteiger partial charge is 0.230 e. The molecule has 3 unspecified atom stereocenters. The molecule has 2 saturated heterocycles. The van der Waals surface area contributed by atoms with Crippen LogP contribution in [-0.4, -0.2) is 34.3 Å². The first-order valence-corrected chi connectivity index (χ1v) is 11.1. The van der Waals surface area contributed by atoms with Gasteiger partial charge in [-0.05, 0) is 44.0 Å². The highest BCUT2D eigenvalue weighted by Gasteiger charge is 2.45. The maximum absolute atomic E-state index is 12.9. The standard InChI is InChI=1S/C21H26ClN7O2/c1-12-10-17(24-19(30)13-4-2-3-5-13)29(27-12)21-25-18-16(20(31)26-21)11-23-28(18)15-8-6-14(22)7-9-15/h6-10,13,16,18,21,23,25H,2-5,11H2,1H3,(H,24,30)(H,26,31). The summed E-state index contributed by atoms with van der Waals surface area (Å²) in [5, 5.41) is 16.6. The molecule has 2 amide bonds. The molecule has 31 heavy (non-hydrogen) atoms. The van der Waals surface area contributed by atoms with Gasteiger partial charge in [0.05, 0.1) is 17.3 Å². The van der Waals surface area contributed by atoms with Crippen LogP contribution in [-0.2, 0) is 9.59 Å². The van der Waals surface area contributed by atoms with Gasteiger partial charge < -0.3 is 10.6 Å². The van der Waals surface area contributed by atoms with Crippen molar-refractivity contribution in [2.45, 2.75) is 45.1 Å². The zero-order valence-electron chi connectivity index (χ0n) is 17.3. The largest absolute Gasteiger partial charge is 0.321 e. The molecule has 1 aromatic heterocycles. The van der Waals surface area contributed by atoms with Crippen molar-refractivity contribution < 1.29 is 9.59 Å². The van der Waals surface area contributed by atoms with Crippen molar-refractivity contribution in [2.75, 3.05) is 16.9 Å². The summed E-state index contributed by atoms with van der Waals surface area (Å²) in [5.74, 6) is 0.305. The van der Waals surface area contributed by atoms with E-state index in [9.17, 15) is 9.59 Å². The summed E-state index contributed by atoms with van der Waals surface area (Å²) in [5.41, 5.74) is 4.96. The Labute approximate surface area is 185 Å². The minimum absolute atomic E-state index is 0.0176. The molecule has 1 saturated carbocycles. The third-order valence-corrected chi connectivity index (χ3v) is 6.52. The fourth-order valence-electron chi connectivity index (χ4n) is 4.67. The van der Waals surface area contributed by atoms with E-state index < -0.39 is 6.29 Å². The molecule has 9 nitrogen and oxygen atoms in total. The molecule has 1 aromatic carbocycles. The Bertz CT molecular complexity index is 986. The van der Waals surface area contributed by atoms with Crippen LogP contribution in [0.3, 0.4) is 0 Å². The van der Waals surface area contributed by atoms with Crippen molar-refractivity contribution in [1.82, 2.24) is 25.8 Å². The van der Waals surface area contributed by atoms with Gasteiger partial charge in [-0.1, -0.05) is 24.4 Å². The molecule has 3 aliphatic rings. The molecule has 5 rings (SSSR count). The van der Waals surface area contributed by atoms with Crippen LogP contribution in [0.25, 0.3) is 0 Å². The van der Waals surface area contributed by atoms with Crippen LogP contribution in [0.1, 0.15) is 37.7 Å². The number of hydrogen-bond acceptors (Lipinski definition) is 6. The first kappa shape index (κ1) is 20.3. The number of hydrogen-bond donors (Lipinski definition) is 4. The molecule has 1 aliphatic carbocycles. The minimum Gasteiger partial charge on any atom is -0.321 e. The zero-order chi connectivity index (χ0) is 21.5. The molecule has 3 fully saturated rings. The van der Waals surface area contributed by atoms with Gasteiger partial charge in [-0.3, -0.25) is 19.9 Å². The number of nitrogens with zero attached hydrogens (tertiary/aromatic N) is 3. The summed E-state index contributed by atoms with van der Waals surface area (Å²) in [6, 6.07) is 9.29. The summed E-state index contributed by atoms with van der Waals surface area (Å²) >= 11 is 6.03. The van der Waals surface area contributed by atoms with Crippen molar-refractivity contribution in [2.24, 2.45) is 11.8 Å². The number of rotatable bonds is 4. The molecule has 0 spiro atoms. The van der Waals surface area contributed by atoms with Crippen molar-refractivity contribution in [3.05, 3.63) is 41.0 Å². The summed E-state index contributed by atoms with van der Waals surface area (Å²) in [7, 11) is 0. The number of anilines is 2. The van der Waals surface area contributed by atoms with Crippen LogP contribution >= 0.6 is 11.6 Å². The normalized spacial score (nSPS) is 26.1. The first-order chi connectivity index (χ1) is 15.0.